The zero-order valence-corrected chi connectivity index (χ0v) is 12.0. The van der Waals surface area contributed by atoms with E-state index in [1.807, 2.05) is 25.1 Å². The molecular formula is C16H19NO4. The summed E-state index contributed by atoms with van der Waals surface area (Å²) in [5.41, 5.74) is 1.06. The maximum Gasteiger partial charge on any atom is 0.352 e. The van der Waals surface area contributed by atoms with Gasteiger partial charge in [-0.1, -0.05) is 18.7 Å². The number of rotatable bonds is 8. The Hall–Kier alpha value is -2.27. The summed E-state index contributed by atoms with van der Waals surface area (Å²) in [6, 6.07) is 7.20. The lowest BCUT2D eigenvalue weighted by Crippen LogP contribution is -2.12. The van der Waals surface area contributed by atoms with Gasteiger partial charge < -0.3 is 19.1 Å². The van der Waals surface area contributed by atoms with Crippen molar-refractivity contribution < 1.29 is 19.4 Å². The van der Waals surface area contributed by atoms with Crippen LogP contribution in [0.25, 0.3) is 10.9 Å². The van der Waals surface area contributed by atoms with Gasteiger partial charge in [0.15, 0.2) is 0 Å². The van der Waals surface area contributed by atoms with Crippen LogP contribution in [0.15, 0.2) is 36.9 Å². The van der Waals surface area contributed by atoms with Crippen LogP contribution in [-0.4, -0.2) is 35.5 Å². The molecule has 2 aromatic rings. The molecule has 0 saturated heterocycles. The molecule has 0 amide bonds. The highest BCUT2D eigenvalue weighted by Gasteiger charge is 2.16. The zero-order valence-electron chi connectivity index (χ0n) is 12.0. The number of ether oxygens (including phenoxy) is 2. The molecular weight excluding hydrogens is 270 g/mol. The second-order valence-corrected chi connectivity index (χ2v) is 4.47. The minimum absolute atomic E-state index is 0.236. The molecule has 0 aliphatic rings. The van der Waals surface area contributed by atoms with E-state index in [0.29, 0.717) is 32.1 Å². The number of carboxylic acids is 1. The van der Waals surface area contributed by atoms with E-state index >= 15 is 0 Å². The molecule has 2 rings (SSSR count). The fraction of sp³-hybridized carbons (Fsp3) is 0.312. The van der Waals surface area contributed by atoms with Gasteiger partial charge in [0.05, 0.1) is 12.1 Å². The van der Waals surface area contributed by atoms with Crippen LogP contribution in [0.4, 0.5) is 0 Å². The van der Waals surface area contributed by atoms with E-state index in [2.05, 4.69) is 6.58 Å². The highest BCUT2D eigenvalue weighted by atomic mass is 16.5. The van der Waals surface area contributed by atoms with Crippen LogP contribution in [0.5, 0.6) is 5.75 Å². The van der Waals surface area contributed by atoms with Crippen LogP contribution >= 0.6 is 0 Å². The summed E-state index contributed by atoms with van der Waals surface area (Å²) in [6.45, 7) is 7.47. The number of nitrogens with zero attached hydrogens (tertiary/aromatic N) is 1. The number of hydrogen-bond donors (Lipinski definition) is 1. The minimum atomic E-state index is -0.961. The van der Waals surface area contributed by atoms with E-state index in [9.17, 15) is 9.90 Å². The van der Waals surface area contributed by atoms with Crippen LogP contribution in [0.2, 0.25) is 0 Å². The fourth-order valence-electron chi connectivity index (χ4n) is 2.25. The molecule has 0 aliphatic carbocycles. The SMILES string of the molecule is C=CCOc1cccc2c1cc(C(=O)O)n2CCOCC. The number of hydrogen-bond acceptors (Lipinski definition) is 3. The predicted octanol–water partition coefficient (Wildman–Crippen LogP) is 2.94. The van der Waals surface area contributed by atoms with Crippen molar-refractivity contribution in [2.45, 2.75) is 13.5 Å². The molecule has 1 heterocycles. The topological polar surface area (TPSA) is 60.7 Å². The Kier molecular flexibility index (Phi) is 5.00. The van der Waals surface area contributed by atoms with E-state index in [1.165, 1.54) is 0 Å². The summed E-state index contributed by atoms with van der Waals surface area (Å²) in [6.07, 6.45) is 1.66. The molecule has 0 spiro atoms. The number of aromatic nitrogens is 1. The molecule has 1 N–H and O–H groups in total. The third-order valence-electron chi connectivity index (χ3n) is 3.14. The van der Waals surface area contributed by atoms with Crippen molar-refractivity contribution in [2.75, 3.05) is 19.8 Å². The van der Waals surface area contributed by atoms with Gasteiger partial charge in [-0.25, -0.2) is 4.79 Å². The normalized spacial score (nSPS) is 10.7. The number of fused-ring (bicyclic) bond motifs is 1. The van der Waals surface area contributed by atoms with Gasteiger partial charge in [0.1, 0.15) is 18.1 Å². The van der Waals surface area contributed by atoms with Gasteiger partial charge >= 0.3 is 5.97 Å². The summed E-state index contributed by atoms with van der Waals surface area (Å²) in [4.78, 5) is 11.4. The first-order valence-corrected chi connectivity index (χ1v) is 6.86. The summed E-state index contributed by atoms with van der Waals surface area (Å²) in [5, 5.41) is 10.2. The third kappa shape index (κ3) is 3.25. The van der Waals surface area contributed by atoms with E-state index in [0.717, 1.165) is 10.9 Å². The van der Waals surface area contributed by atoms with Crippen molar-refractivity contribution in [1.82, 2.24) is 4.57 Å². The molecule has 1 aromatic heterocycles. The Morgan fingerprint density at radius 3 is 2.95 bits per heavy atom. The minimum Gasteiger partial charge on any atom is -0.489 e. The average Bonchev–Trinajstić information content (AvgIpc) is 2.85. The largest absolute Gasteiger partial charge is 0.489 e. The lowest BCUT2D eigenvalue weighted by Gasteiger charge is -2.09. The molecule has 5 nitrogen and oxygen atoms in total. The van der Waals surface area contributed by atoms with Crippen LogP contribution in [-0.2, 0) is 11.3 Å². The fourth-order valence-corrected chi connectivity index (χ4v) is 2.25. The summed E-state index contributed by atoms with van der Waals surface area (Å²) < 4.78 is 12.7. The second kappa shape index (κ2) is 6.95. The monoisotopic (exact) mass is 289 g/mol. The maximum absolute atomic E-state index is 11.4. The Bertz CT molecular complexity index is 645. The maximum atomic E-state index is 11.4. The molecule has 0 unspecified atom stereocenters. The van der Waals surface area contributed by atoms with E-state index in [1.54, 1.807) is 16.7 Å². The zero-order chi connectivity index (χ0) is 15.2. The Morgan fingerprint density at radius 2 is 2.29 bits per heavy atom. The molecule has 1 aromatic carbocycles. The Morgan fingerprint density at radius 1 is 1.48 bits per heavy atom. The molecule has 0 aliphatic heterocycles. The van der Waals surface area contributed by atoms with Crippen molar-refractivity contribution in [1.29, 1.82) is 0 Å². The van der Waals surface area contributed by atoms with Crippen molar-refractivity contribution >= 4 is 16.9 Å². The van der Waals surface area contributed by atoms with Gasteiger partial charge in [-0.05, 0) is 25.1 Å². The molecule has 0 atom stereocenters. The molecule has 5 heteroatoms. The van der Waals surface area contributed by atoms with Gasteiger partial charge in [0.25, 0.3) is 0 Å². The van der Waals surface area contributed by atoms with Gasteiger partial charge in [-0.15, -0.1) is 0 Å². The van der Waals surface area contributed by atoms with Gasteiger partial charge in [0.2, 0.25) is 0 Å². The first-order chi connectivity index (χ1) is 10.2. The second-order valence-electron chi connectivity index (χ2n) is 4.47. The molecule has 21 heavy (non-hydrogen) atoms. The Balaban J connectivity index is 2.46. The molecule has 0 saturated carbocycles. The standard InChI is InChI=1S/C16H19NO4/c1-3-9-21-15-7-5-6-13-12(15)11-14(16(18)19)17(13)8-10-20-4-2/h3,5-7,11H,1,4,8-10H2,2H3,(H,18,19). The molecule has 0 radical (unpaired) electrons. The number of carbonyl (C=O) groups is 1. The van der Waals surface area contributed by atoms with E-state index in [-0.39, 0.29) is 5.69 Å². The summed E-state index contributed by atoms with van der Waals surface area (Å²) >= 11 is 0. The van der Waals surface area contributed by atoms with Crippen LogP contribution < -0.4 is 4.74 Å². The highest BCUT2D eigenvalue weighted by molar-refractivity contribution is 5.97. The van der Waals surface area contributed by atoms with Crippen molar-refractivity contribution in [3.63, 3.8) is 0 Å². The number of carboxylic acid groups (broad SMARTS) is 1. The average molecular weight is 289 g/mol. The quantitative estimate of drug-likeness (QED) is 0.599. The van der Waals surface area contributed by atoms with E-state index < -0.39 is 5.97 Å². The lowest BCUT2D eigenvalue weighted by molar-refractivity contribution is 0.0682. The summed E-state index contributed by atoms with van der Waals surface area (Å²) in [5.74, 6) is -0.303. The van der Waals surface area contributed by atoms with Gasteiger partial charge in [-0.3, -0.25) is 0 Å². The lowest BCUT2D eigenvalue weighted by atomic mass is 10.2. The third-order valence-corrected chi connectivity index (χ3v) is 3.14. The Labute approximate surface area is 123 Å². The smallest absolute Gasteiger partial charge is 0.352 e. The summed E-state index contributed by atoms with van der Waals surface area (Å²) in [7, 11) is 0. The van der Waals surface area contributed by atoms with Crippen molar-refractivity contribution in [3.05, 3.63) is 42.6 Å². The van der Waals surface area contributed by atoms with Crippen molar-refractivity contribution in [2.24, 2.45) is 0 Å². The van der Waals surface area contributed by atoms with Gasteiger partial charge in [0, 0.05) is 18.5 Å². The first-order valence-electron chi connectivity index (χ1n) is 6.86. The first kappa shape index (κ1) is 15.1. The van der Waals surface area contributed by atoms with Crippen molar-refractivity contribution in [3.8, 4) is 5.75 Å². The predicted molar refractivity (Wildman–Crippen MR) is 81.1 cm³/mol. The van der Waals surface area contributed by atoms with E-state index in [4.69, 9.17) is 9.47 Å². The molecule has 112 valence electrons. The number of benzene rings is 1. The van der Waals surface area contributed by atoms with Crippen LogP contribution in [0.1, 0.15) is 17.4 Å². The van der Waals surface area contributed by atoms with Gasteiger partial charge in [-0.2, -0.15) is 0 Å². The highest BCUT2D eigenvalue weighted by Crippen LogP contribution is 2.29. The van der Waals surface area contributed by atoms with Crippen LogP contribution in [0, 0.1) is 0 Å². The molecule has 0 bridgehead atoms. The van der Waals surface area contributed by atoms with Crippen LogP contribution in [0.3, 0.4) is 0 Å². The number of aromatic carboxylic acids is 1. The molecule has 0 fully saturated rings.